The fourth-order valence-corrected chi connectivity index (χ4v) is 2.50. The van der Waals surface area contributed by atoms with Gasteiger partial charge in [0.1, 0.15) is 11.6 Å². The molecule has 0 radical (unpaired) electrons. The lowest BCUT2D eigenvalue weighted by Gasteiger charge is -2.13. The maximum atomic E-state index is 14.6. The van der Waals surface area contributed by atoms with Crippen LogP contribution in [0.2, 0.25) is 6.82 Å². The van der Waals surface area contributed by atoms with Crippen LogP contribution in [0.1, 0.15) is 0 Å². The lowest BCUT2D eigenvalue weighted by molar-refractivity contribution is 0.416. The Morgan fingerprint density at radius 2 is 2.00 bits per heavy atom. The summed E-state index contributed by atoms with van der Waals surface area (Å²) >= 11 is 0. The summed E-state index contributed by atoms with van der Waals surface area (Å²) in [5, 5.41) is 18.1. The Labute approximate surface area is 133 Å². The molecule has 116 valence electrons. The quantitative estimate of drug-likeness (QED) is 0.722. The zero-order chi connectivity index (χ0) is 16.6. The highest BCUT2D eigenvalue weighted by Crippen LogP contribution is 2.34. The summed E-state index contributed by atoms with van der Waals surface area (Å²) in [7, 11) is 1.51. The topological polar surface area (TPSA) is 81.3 Å². The average Bonchev–Trinajstić information content (AvgIpc) is 2.54. The molecular weight excluding hydrogens is 296 g/mol. The van der Waals surface area contributed by atoms with E-state index in [1.54, 1.807) is 31.1 Å². The van der Waals surface area contributed by atoms with Gasteiger partial charge in [-0.15, -0.1) is 0 Å². The molecule has 1 heterocycles. The van der Waals surface area contributed by atoms with Gasteiger partial charge in [0.25, 0.3) is 0 Å². The third-order valence-corrected chi connectivity index (χ3v) is 3.75. The monoisotopic (exact) mass is 311 g/mol. The Morgan fingerprint density at radius 3 is 2.70 bits per heavy atom. The lowest BCUT2D eigenvalue weighted by Crippen LogP contribution is -2.26. The maximum Gasteiger partial charge on any atom is 0.320 e. The van der Waals surface area contributed by atoms with Crippen LogP contribution >= 0.6 is 0 Å². The Morgan fingerprint density at radius 1 is 1.22 bits per heavy atom. The normalized spacial score (nSPS) is 10.8. The zero-order valence-corrected chi connectivity index (χ0v) is 12.7. The second-order valence-corrected chi connectivity index (χ2v) is 5.28. The number of halogens is 1. The number of methoxy groups -OCH3 is 1. The first-order valence-corrected chi connectivity index (χ1v) is 7.08. The molecule has 0 amide bonds. The largest absolute Gasteiger partial charge is 0.496 e. The molecule has 0 aliphatic carbocycles. The van der Waals surface area contributed by atoms with Gasteiger partial charge in [0, 0.05) is 16.5 Å². The van der Waals surface area contributed by atoms with Crippen LogP contribution in [0.4, 0.5) is 10.1 Å². The van der Waals surface area contributed by atoms with Crippen LogP contribution in [0.25, 0.3) is 22.0 Å². The van der Waals surface area contributed by atoms with Crippen molar-refractivity contribution in [2.24, 2.45) is 0 Å². The molecule has 0 fully saturated rings. The first-order valence-electron chi connectivity index (χ1n) is 7.08. The highest BCUT2D eigenvalue weighted by atomic mass is 19.1. The van der Waals surface area contributed by atoms with E-state index in [1.807, 2.05) is 0 Å². The van der Waals surface area contributed by atoms with Gasteiger partial charge in [0.05, 0.1) is 24.5 Å². The minimum absolute atomic E-state index is 0.316. The Bertz CT molecular complexity index is 887. The van der Waals surface area contributed by atoms with Crippen LogP contribution in [-0.4, -0.2) is 29.2 Å². The summed E-state index contributed by atoms with van der Waals surface area (Å²) < 4.78 is 19.9. The molecule has 0 aliphatic heterocycles. The van der Waals surface area contributed by atoms with Crippen LogP contribution in [0, 0.1) is 5.82 Å². The first kappa shape index (κ1) is 15.2. The molecule has 3 N–H and O–H groups in total. The van der Waals surface area contributed by atoms with Gasteiger partial charge in [-0.25, -0.2) is 4.39 Å². The third kappa shape index (κ3) is 2.71. The highest BCUT2D eigenvalue weighted by Gasteiger charge is 2.16. The SMILES string of the molecule is COc1ccc(B(C)O)cc1-c1cc2nncc(N)c2cc1F. The van der Waals surface area contributed by atoms with Crippen molar-refractivity contribution in [2.45, 2.75) is 6.82 Å². The predicted molar refractivity (Wildman–Crippen MR) is 89.4 cm³/mol. The zero-order valence-electron chi connectivity index (χ0n) is 12.7. The Balaban J connectivity index is 2.27. The van der Waals surface area contributed by atoms with Crippen molar-refractivity contribution in [3.8, 4) is 16.9 Å². The fraction of sp³-hybridized carbons (Fsp3) is 0.125. The van der Waals surface area contributed by atoms with E-state index in [9.17, 15) is 9.41 Å². The molecule has 3 rings (SSSR count). The van der Waals surface area contributed by atoms with Gasteiger partial charge in [-0.1, -0.05) is 19.0 Å². The van der Waals surface area contributed by atoms with E-state index < -0.39 is 12.7 Å². The molecular formula is C16H15BFN3O2. The second-order valence-electron chi connectivity index (χ2n) is 5.28. The number of anilines is 1. The summed E-state index contributed by atoms with van der Waals surface area (Å²) in [6, 6.07) is 8.06. The number of nitrogens with zero attached hydrogens (tertiary/aromatic N) is 2. The van der Waals surface area contributed by atoms with Crippen LogP contribution in [0.5, 0.6) is 5.75 Å². The van der Waals surface area contributed by atoms with E-state index in [1.165, 1.54) is 19.4 Å². The summed E-state index contributed by atoms with van der Waals surface area (Å²) in [6.07, 6.45) is 1.39. The molecule has 0 saturated heterocycles. The van der Waals surface area contributed by atoms with E-state index in [-0.39, 0.29) is 0 Å². The van der Waals surface area contributed by atoms with Crippen molar-refractivity contribution < 1.29 is 14.2 Å². The predicted octanol–water partition coefficient (Wildman–Crippen LogP) is 1.85. The van der Waals surface area contributed by atoms with E-state index >= 15 is 0 Å². The van der Waals surface area contributed by atoms with Gasteiger partial charge in [-0.2, -0.15) is 10.2 Å². The molecule has 23 heavy (non-hydrogen) atoms. The van der Waals surface area contributed by atoms with Crippen LogP contribution in [0.15, 0.2) is 36.5 Å². The van der Waals surface area contributed by atoms with Gasteiger partial charge < -0.3 is 15.5 Å². The first-order chi connectivity index (χ1) is 11.0. The standard InChI is InChI=1S/C16H15BFN3O2/c1-17(22)9-3-4-16(23-2)11(5-9)10-7-15-12(6-13(10)18)14(19)8-20-21-15/h3-8,22H,1-2H3,(H2,19,21). The minimum Gasteiger partial charge on any atom is -0.496 e. The Hall–Kier alpha value is -2.67. The van der Waals surface area contributed by atoms with E-state index in [0.717, 1.165) is 0 Å². The van der Waals surface area contributed by atoms with Gasteiger partial charge in [-0.3, -0.25) is 0 Å². The van der Waals surface area contributed by atoms with Crippen molar-refractivity contribution in [3.63, 3.8) is 0 Å². The third-order valence-electron chi connectivity index (χ3n) is 3.75. The van der Waals surface area contributed by atoms with Gasteiger partial charge in [-0.05, 0) is 23.7 Å². The van der Waals surface area contributed by atoms with Crippen molar-refractivity contribution in [2.75, 3.05) is 12.8 Å². The van der Waals surface area contributed by atoms with E-state index in [4.69, 9.17) is 10.5 Å². The molecule has 1 aromatic heterocycles. The van der Waals surface area contributed by atoms with Crippen LogP contribution < -0.4 is 15.9 Å². The number of hydrogen-bond acceptors (Lipinski definition) is 5. The molecule has 0 bridgehead atoms. The van der Waals surface area contributed by atoms with Gasteiger partial charge >= 0.3 is 6.92 Å². The van der Waals surface area contributed by atoms with E-state index in [0.29, 0.717) is 38.9 Å². The van der Waals surface area contributed by atoms with Crippen molar-refractivity contribution >= 4 is 29.0 Å². The average molecular weight is 311 g/mol. The van der Waals surface area contributed by atoms with Crippen LogP contribution in [-0.2, 0) is 0 Å². The summed E-state index contributed by atoms with van der Waals surface area (Å²) in [5.74, 6) is 0.0581. The number of fused-ring (bicyclic) bond motifs is 1. The van der Waals surface area contributed by atoms with Crippen molar-refractivity contribution in [3.05, 3.63) is 42.3 Å². The summed E-state index contributed by atoms with van der Waals surface area (Å²) in [6.45, 7) is 0.979. The maximum absolute atomic E-state index is 14.6. The molecule has 2 aromatic carbocycles. The second kappa shape index (κ2) is 5.85. The number of rotatable bonds is 3. The highest BCUT2D eigenvalue weighted by molar-refractivity contribution is 6.64. The number of nitrogens with two attached hydrogens (primary N) is 1. The van der Waals surface area contributed by atoms with Crippen molar-refractivity contribution in [1.82, 2.24) is 10.2 Å². The number of ether oxygens (including phenoxy) is 1. The number of aromatic nitrogens is 2. The molecule has 0 spiro atoms. The van der Waals surface area contributed by atoms with E-state index in [2.05, 4.69) is 10.2 Å². The molecule has 0 unspecified atom stereocenters. The van der Waals surface area contributed by atoms with Gasteiger partial charge in [0.2, 0.25) is 0 Å². The van der Waals surface area contributed by atoms with Crippen LogP contribution in [0.3, 0.4) is 0 Å². The summed E-state index contributed by atoms with van der Waals surface area (Å²) in [4.78, 5) is 0. The van der Waals surface area contributed by atoms with Crippen molar-refractivity contribution in [1.29, 1.82) is 0 Å². The molecule has 0 aliphatic rings. The van der Waals surface area contributed by atoms with Gasteiger partial charge in [0.15, 0.2) is 0 Å². The molecule has 3 aromatic rings. The molecule has 7 heteroatoms. The Kier molecular flexibility index (Phi) is 3.88. The summed E-state index contributed by atoms with van der Waals surface area (Å²) in [5.41, 5.74) is 8.18. The molecule has 0 atom stereocenters. The molecule has 5 nitrogen and oxygen atoms in total. The minimum atomic E-state index is -0.668. The fourth-order valence-electron chi connectivity index (χ4n) is 2.50. The lowest BCUT2D eigenvalue weighted by atomic mass is 9.64. The number of benzene rings is 2. The number of nitrogen functional groups attached to an aromatic ring is 1. The molecule has 0 saturated carbocycles. The smallest absolute Gasteiger partial charge is 0.320 e. The number of hydrogen-bond donors (Lipinski definition) is 2.